The maximum atomic E-state index is 13.9. The predicted octanol–water partition coefficient (Wildman–Crippen LogP) is 3.03. The van der Waals surface area contributed by atoms with Gasteiger partial charge in [0.1, 0.15) is 11.6 Å². The molecule has 0 unspecified atom stereocenters. The molecule has 1 aromatic heterocycles. The fourth-order valence-electron chi connectivity index (χ4n) is 3.13. The van der Waals surface area contributed by atoms with E-state index in [2.05, 4.69) is 10.3 Å². The quantitative estimate of drug-likeness (QED) is 0.785. The number of amides is 1. The molecule has 6 heteroatoms. The van der Waals surface area contributed by atoms with E-state index in [-0.39, 0.29) is 18.5 Å². The molecule has 0 aliphatic carbocycles. The summed E-state index contributed by atoms with van der Waals surface area (Å²) in [4.78, 5) is 18.1. The first-order valence-electron chi connectivity index (χ1n) is 8.47. The third-order valence-corrected chi connectivity index (χ3v) is 4.49. The zero-order valence-corrected chi connectivity index (χ0v) is 13.9. The maximum absolute atomic E-state index is 13.9. The molecule has 25 heavy (non-hydrogen) atoms. The van der Waals surface area contributed by atoms with Gasteiger partial charge >= 0.3 is 0 Å². The van der Waals surface area contributed by atoms with Gasteiger partial charge < -0.3 is 10.2 Å². The molecular formula is C19H21F2N3O. The van der Waals surface area contributed by atoms with E-state index in [4.69, 9.17) is 0 Å². The number of carbonyl (C=O) groups is 1. The fourth-order valence-corrected chi connectivity index (χ4v) is 3.13. The van der Waals surface area contributed by atoms with E-state index in [1.165, 1.54) is 12.1 Å². The number of likely N-dealkylation sites (tertiary alicyclic amines) is 1. The molecule has 0 radical (unpaired) electrons. The number of nitrogens with one attached hydrogen (secondary N) is 1. The van der Waals surface area contributed by atoms with Gasteiger partial charge in [-0.15, -0.1) is 0 Å². The molecule has 2 aromatic rings. The summed E-state index contributed by atoms with van der Waals surface area (Å²) in [7, 11) is 0. The van der Waals surface area contributed by atoms with Gasteiger partial charge in [-0.3, -0.25) is 9.78 Å². The first-order chi connectivity index (χ1) is 12.1. The van der Waals surface area contributed by atoms with Crippen molar-refractivity contribution in [3.63, 3.8) is 0 Å². The van der Waals surface area contributed by atoms with Crippen LogP contribution in [0.2, 0.25) is 0 Å². The van der Waals surface area contributed by atoms with E-state index in [0.717, 1.165) is 31.1 Å². The molecule has 1 atom stereocenters. The molecule has 1 fully saturated rings. The van der Waals surface area contributed by atoms with E-state index in [0.29, 0.717) is 18.5 Å². The minimum Gasteiger partial charge on any atom is -0.335 e. The fraction of sp³-hybridized carbons (Fsp3) is 0.368. The molecular weight excluding hydrogens is 324 g/mol. The molecule has 0 saturated carbocycles. The van der Waals surface area contributed by atoms with Gasteiger partial charge in [-0.05, 0) is 37.6 Å². The minimum absolute atomic E-state index is 0.0263. The Morgan fingerprint density at radius 3 is 2.88 bits per heavy atom. The number of benzene rings is 1. The van der Waals surface area contributed by atoms with Crippen LogP contribution in [0.4, 0.5) is 8.78 Å². The molecule has 1 saturated heterocycles. The van der Waals surface area contributed by atoms with Crippen LogP contribution < -0.4 is 5.32 Å². The highest BCUT2D eigenvalue weighted by Gasteiger charge is 2.30. The highest BCUT2D eigenvalue weighted by molar-refractivity contribution is 5.78. The zero-order valence-electron chi connectivity index (χ0n) is 13.9. The van der Waals surface area contributed by atoms with E-state index in [1.54, 1.807) is 11.1 Å². The van der Waals surface area contributed by atoms with Crippen molar-refractivity contribution in [2.75, 3.05) is 6.54 Å². The van der Waals surface area contributed by atoms with E-state index in [9.17, 15) is 13.6 Å². The molecule has 132 valence electrons. The van der Waals surface area contributed by atoms with Gasteiger partial charge in [0.2, 0.25) is 5.91 Å². The molecule has 1 aliphatic heterocycles. The van der Waals surface area contributed by atoms with Crippen LogP contribution in [-0.4, -0.2) is 28.4 Å². The van der Waals surface area contributed by atoms with Crippen LogP contribution in [0.5, 0.6) is 0 Å². The van der Waals surface area contributed by atoms with Gasteiger partial charge in [0.05, 0.1) is 5.69 Å². The Labute approximate surface area is 145 Å². The van der Waals surface area contributed by atoms with Crippen molar-refractivity contribution in [2.45, 2.75) is 38.4 Å². The lowest BCUT2D eigenvalue weighted by Crippen LogP contribution is -2.35. The number of aromatic nitrogens is 1. The van der Waals surface area contributed by atoms with Crippen LogP contribution in [0.1, 0.15) is 30.5 Å². The molecule has 3 rings (SSSR count). The number of halogens is 2. The van der Waals surface area contributed by atoms with E-state index >= 15 is 0 Å². The highest BCUT2D eigenvalue weighted by Crippen LogP contribution is 2.24. The number of nitrogens with zero attached hydrogens (tertiary/aromatic N) is 2. The lowest BCUT2D eigenvalue weighted by atomic mass is 10.1. The van der Waals surface area contributed by atoms with Crippen LogP contribution in [0, 0.1) is 11.6 Å². The summed E-state index contributed by atoms with van der Waals surface area (Å²) in [6.07, 6.45) is 3.80. The largest absolute Gasteiger partial charge is 0.335 e. The number of pyridine rings is 1. The number of hydrogen-bond donors (Lipinski definition) is 1. The summed E-state index contributed by atoms with van der Waals surface area (Å²) in [5.41, 5.74) is 1.32. The molecule has 1 amide bonds. The van der Waals surface area contributed by atoms with Crippen LogP contribution in [0.15, 0.2) is 42.6 Å². The molecule has 0 bridgehead atoms. The third-order valence-electron chi connectivity index (χ3n) is 4.49. The van der Waals surface area contributed by atoms with Crippen LogP contribution in [-0.2, 0) is 17.9 Å². The molecule has 0 spiro atoms. The van der Waals surface area contributed by atoms with Crippen molar-refractivity contribution in [3.8, 4) is 0 Å². The number of rotatable bonds is 7. The summed E-state index contributed by atoms with van der Waals surface area (Å²) in [5.74, 6) is -1.19. The highest BCUT2D eigenvalue weighted by atomic mass is 19.1. The summed E-state index contributed by atoms with van der Waals surface area (Å²) in [5, 5.41) is 3.32. The SMILES string of the molecule is O=C1CC[C@H](CCNCc2ccccn2)N1Cc1ccc(F)cc1F. The lowest BCUT2D eigenvalue weighted by Gasteiger charge is -2.25. The first-order valence-corrected chi connectivity index (χ1v) is 8.47. The number of carbonyl (C=O) groups excluding carboxylic acids is 1. The monoisotopic (exact) mass is 345 g/mol. The number of hydrogen-bond acceptors (Lipinski definition) is 3. The summed E-state index contributed by atoms with van der Waals surface area (Å²) in [6, 6.07) is 9.34. The third kappa shape index (κ3) is 4.60. The van der Waals surface area contributed by atoms with Crippen molar-refractivity contribution in [2.24, 2.45) is 0 Å². The Hall–Kier alpha value is -2.34. The van der Waals surface area contributed by atoms with Gasteiger partial charge in [0.15, 0.2) is 0 Å². The summed E-state index contributed by atoms with van der Waals surface area (Å²) >= 11 is 0. The Bertz CT molecular complexity index is 724. The Balaban J connectivity index is 1.53. The summed E-state index contributed by atoms with van der Waals surface area (Å²) in [6.45, 7) is 1.61. The average molecular weight is 345 g/mol. The van der Waals surface area contributed by atoms with Gasteiger partial charge in [0, 0.05) is 43.4 Å². The Morgan fingerprint density at radius 1 is 1.24 bits per heavy atom. The van der Waals surface area contributed by atoms with E-state index in [1.807, 2.05) is 18.2 Å². The summed E-state index contributed by atoms with van der Waals surface area (Å²) < 4.78 is 26.9. The molecule has 2 heterocycles. The smallest absolute Gasteiger partial charge is 0.223 e. The van der Waals surface area contributed by atoms with Crippen molar-refractivity contribution >= 4 is 5.91 Å². The van der Waals surface area contributed by atoms with Crippen LogP contribution >= 0.6 is 0 Å². The van der Waals surface area contributed by atoms with E-state index < -0.39 is 11.6 Å². The lowest BCUT2D eigenvalue weighted by molar-refractivity contribution is -0.129. The maximum Gasteiger partial charge on any atom is 0.223 e. The minimum atomic E-state index is -0.607. The van der Waals surface area contributed by atoms with Gasteiger partial charge in [-0.25, -0.2) is 8.78 Å². The molecule has 1 aromatic carbocycles. The second-order valence-electron chi connectivity index (χ2n) is 6.24. The van der Waals surface area contributed by atoms with Crippen molar-refractivity contribution in [1.82, 2.24) is 15.2 Å². The average Bonchev–Trinajstić information content (AvgIpc) is 2.95. The predicted molar refractivity (Wildman–Crippen MR) is 90.5 cm³/mol. The van der Waals surface area contributed by atoms with Gasteiger partial charge in [-0.2, -0.15) is 0 Å². The Morgan fingerprint density at radius 2 is 2.12 bits per heavy atom. The normalized spacial score (nSPS) is 17.3. The van der Waals surface area contributed by atoms with Crippen molar-refractivity contribution in [3.05, 3.63) is 65.5 Å². The van der Waals surface area contributed by atoms with Crippen molar-refractivity contribution < 1.29 is 13.6 Å². The van der Waals surface area contributed by atoms with Crippen molar-refractivity contribution in [1.29, 1.82) is 0 Å². The first kappa shape index (κ1) is 17.5. The Kier molecular flexibility index (Phi) is 5.71. The zero-order chi connectivity index (χ0) is 17.6. The standard InChI is InChI=1S/C19H21F2N3O/c20-15-5-4-14(18(21)11-15)13-24-17(6-7-19(24)25)8-10-22-12-16-3-1-2-9-23-16/h1-5,9,11,17,22H,6-8,10,12-13H2/t17-/m1/s1. The molecule has 4 nitrogen and oxygen atoms in total. The topological polar surface area (TPSA) is 45.2 Å². The van der Waals surface area contributed by atoms with Crippen LogP contribution in [0.3, 0.4) is 0 Å². The second kappa shape index (κ2) is 8.16. The van der Waals surface area contributed by atoms with Crippen LogP contribution in [0.25, 0.3) is 0 Å². The van der Waals surface area contributed by atoms with Gasteiger partial charge in [-0.1, -0.05) is 12.1 Å². The molecule has 1 aliphatic rings. The second-order valence-corrected chi connectivity index (χ2v) is 6.24. The molecule has 1 N–H and O–H groups in total. The van der Waals surface area contributed by atoms with Gasteiger partial charge in [0.25, 0.3) is 0 Å².